The van der Waals surface area contributed by atoms with Crippen molar-refractivity contribution in [3.63, 3.8) is 0 Å². The molecule has 6 nitrogen and oxygen atoms in total. The van der Waals surface area contributed by atoms with Gasteiger partial charge in [-0.3, -0.25) is 4.57 Å². The Morgan fingerprint density at radius 2 is 1.48 bits per heavy atom. The molecule has 5 aromatic carbocycles. The van der Waals surface area contributed by atoms with Gasteiger partial charge < -0.3 is 8.83 Å². The van der Waals surface area contributed by atoms with E-state index in [0.29, 0.717) is 16.7 Å². The largest absolute Gasteiger partial charge is 0.455 e. The summed E-state index contributed by atoms with van der Waals surface area (Å²) in [5, 5.41) is 10.7. The smallest absolute Gasteiger partial charge is 0.200 e. The number of aryl methyl sites for hydroxylation is 3. The number of aromatic nitrogens is 3. The van der Waals surface area contributed by atoms with Gasteiger partial charge in [0, 0.05) is 28.7 Å². The minimum atomic E-state index is -2.92. The van der Waals surface area contributed by atoms with Gasteiger partial charge in [-0.1, -0.05) is 97.0 Å². The Morgan fingerprint density at radius 1 is 0.750 bits per heavy atom. The van der Waals surface area contributed by atoms with E-state index in [2.05, 4.69) is 39.8 Å². The van der Waals surface area contributed by atoms with Gasteiger partial charge in [0.25, 0.3) is 0 Å². The summed E-state index contributed by atoms with van der Waals surface area (Å²) in [4.78, 5) is 9.94. The van der Waals surface area contributed by atoms with E-state index in [9.17, 15) is 5.26 Å². The number of nitriles is 1. The van der Waals surface area contributed by atoms with E-state index in [4.69, 9.17) is 31.1 Å². The van der Waals surface area contributed by atoms with Crippen molar-refractivity contribution in [2.75, 3.05) is 0 Å². The fraction of sp³-hybridized carbons (Fsp3) is 0.283. The normalized spacial score (nSPS) is 15.7. The average molecular weight is 694 g/mol. The van der Waals surface area contributed by atoms with Crippen LogP contribution in [0.25, 0.3) is 72.3 Å². The number of benzene rings is 5. The zero-order valence-corrected chi connectivity index (χ0v) is 30.2. The van der Waals surface area contributed by atoms with Crippen molar-refractivity contribution in [2.45, 2.75) is 86.3 Å². The first-order valence-electron chi connectivity index (χ1n) is 22.0. The lowest BCUT2D eigenvalue weighted by molar-refractivity contribution is 0.410. The molecule has 0 atom stereocenters. The highest BCUT2D eigenvalue weighted by Gasteiger charge is 2.30. The number of hydrogen-bond donors (Lipinski definition) is 0. The second-order valence-corrected chi connectivity index (χ2v) is 15.1. The Morgan fingerprint density at radius 3 is 2.12 bits per heavy atom. The highest BCUT2D eigenvalue weighted by atomic mass is 16.4. The Bertz CT molecular complexity index is 3070. The van der Waals surface area contributed by atoms with Gasteiger partial charge >= 0.3 is 0 Å². The van der Waals surface area contributed by atoms with E-state index in [-0.39, 0.29) is 78.8 Å². The first-order valence-corrected chi connectivity index (χ1v) is 17.5. The van der Waals surface area contributed by atoms with Crippen molar-refractivity contribution >= 4 is 44.1 Å². The summed E-state index contributed by atoms with van der Waals surface area (Å²) in [7, 11) is 0. The quantitative estimate of drug-likeness (QED) is 0.179. The van der Waals surface area contributed by atoms with Gasteiger partial charge in [0.15, 0.2) is 5.58 Å². The zero-order chi connectivity index (χ0) is 44.3. The molecule has 6 heteroatoms. The summed E-state index contributed by atoms with van der Waals surface area (Å²) < 4.78 is 93.0. The van der Waals surface area contributed by atoms with Crippen LogP contribution in [0.1, 0.15) is 112 Å². The molecular weight excluding hydrogens is 641 g/mol. The highest BCUT2D eigenvalue weighted by Crippen LogP contribution is 2.46. The van der Waals surface area contributed by atoms with Gasteiger partial charge in [-0.05, 0) is 90.0 Å². The molecule has 3 heterocycles. The van der Waals surface area contributed by atoms with Gasteiger partial charge in [-0.2, -0.15) is 5.26 Å². The van der Waals surface area contributed by atoms with E-state index < -0.39 is 31.5 Å². The topological polar surface area (TPSA) is 80.8 Å². The molecule has 0 aliphatic heterocycles. The van der Waals surface area contributed by atoms with Gasteiger partial charge in [0.1, 0.15) is 34.1 Å². The van der Waals surface area contributed by atoms with Crippen molar-refractivity contribution in [2.24, 2.45) is 0 Å². The van der Waals surface area contributed by atoms with Crippen LogP contribution in [-0.4, -0.2) is 14.5 Å². The third-order valence-corrected chi connectivity index (χ3v) is 9.82. The maximum atomic E-state index is 10.5. The van der Waals surface area contributed by atoms with Crippen LogP contribution in [0.5, 0.6) is 0 Å². The summed E-state index contributed by atoms with van der Waals surface area (Å²) in [6.07, 6.45) is 0. The molecule has 0 N–H and O–H groups in total. The number of para-hydroxylation sites is 1. The van der Waals surface area contributed by atoms with Crippen LogP contribution in [0.15, 0.2) is 81.6 Å². The molecule has 0 bridgehead atoms. The molecule has 8 rings (SSSR count). The number of hydrogen-bond acceptors (Lipinski definition) is 5. The number of fused-ring (bicyclic) bond motifs is 6. The Hall–Kier alpha value is -5.67. The van der Waals surface area contributed by atoms with Crippen molar-refractivity contribution in [1.29, 1.82) is 5.26 Å². The van der Waals surface area contributed by atoms with E-state index in [1.807, 2.05) is 61.7 Å². The highest BCUT2D eigenvalue weighted by molar-refractivity contribution is 6.21. The lowest BCUT2D eigenvalue weighted by Crippen LogP contribution is -2.10. The Kier molecular flexibility index (Phi) is 5.63. The fourth-order valence-corrected chi connectivity index (χ4v) is 7.24. The van der Waals surface area contributed by atoms with Crippen LogP contribution in [0.4, 0.5) is 0 Å². The van der Waals surface area contributed by atoms with Crippen LogP contribution in [0.2, 0.25) is 0 Å². The van der Waals surface area contributed by atoms with Crippen LogP contribution in [0, 0.1) is 31.9 Å². The molecule has 0 aliphatic rings. The number of imidazole rings is 1. The summed E-state index contributed by atoms with van der Waals surface area (Å²) in [6.45, 7) is 5.63. The van der Waals surface area contributed by atoms with Crippen molar-refractivity contribution in [3.8, 4) is 34.3 Å². The number of nitrogens with zero attached hydrogens (tertiary/aromatic N) is 4. The molecule has 0 saturated heterocycles. The van der Waals surface area contributed by atoms with Gasteiger partial charge in [-0.15, -0.1) is 0 Å². The minimum Gasteiger partial charge on any atom is -0.455 e. The third-order valence-electron chi connectivity index (χ3n) is 9.82. The molecule has 52 heavy (non-hydrogen) atoms. The SMILES string of the molecule is [2H]C([2H])([2H])c1c(C#N)c2oc(C(C)(C)C)nc2c2c1oc1c(-c3nc4cccc(C([2H])([2H])[2H])c4n3-c3c(C(C)C)cc(-c4ccccc4)cc3C(C)C)ccc(C([2H])([2H])[2H])c12. The molecule has 0 saturated carbocycles. The van der Waals surface area contributed by atoms with Crippen molar-refractivity contribution in [1.82, 2.24) is 14.5 Å². The van der Waals surface area contributed by atoms with Crippen LogP contribution in [-0.2, 0) is 5.41 Å². The molecule has 8 aromatic rings. The summed E-state index contributed by atoms with van der Waals surface area (Å²) >= 11 is 0. The summed E-state index contributed by atoms with van der Waals surface area (Å²) in [6, 6.07) is 24.2. The molecule has 0 amide bonds. The molecule has 260 valence electrons. The van der Waals surface area contributed by atoms with E-state index in [1.165, 1.54) is 6.07 Å². The predicted octanol–water partition coefficient (Wildman–Crippen LogP) is 12.7. The Balaban J connectivity index is 1.63. The van der Waals surface area contributed by atoms with Crippen LogP contribution >= 0.6 is 0 Å². The first kappa shape index (κ1) is 24.5. The van der Waals surface area contributed by atoms with Crippen molar-refractivity contribution < 1.29 is 21.2 Å². The molecule has 0 aliphatic carbocycles. The van der Waals surface area contributed by atoms with Crippen molar-refractivity contribution in [3.05, 3.63) is 112 Å². The fourth-order valence-electron chi connectivity index (χ4n) is 7.24. The number of furan rings is 1. The zero-order valence-electron chi connectivity index (χ0n) is 39.2. The second kappa shape index (κ2) is 12.0. The molecular formula is C46H44N4O2. The third kappa shape index (κ3) is 4.98. The van der Waals surface area contributed by atoms with E-state index in [1.54, 1.807) is 24.3 Å². The van der Waals surface area contributed by atoms with E-state index in [0.717, 1.165) is 22.3 Å². The van der Waals surface area contributed by atoms with E-state index >= 15 is 0 Å². The average Bonchev–Trinajstić information content (AvgIpc) is 3.89. The summed E-state index contributed by atoms with van der Waals surface area (Å²) in [5.74, 6) is 0.305. The lowest BCUT2D eigenvalue weighted by Gasteiger charge is -2.25. The Labute approximate surface area is 317 Å². The van der Waals surface area contributed by atoms with Gasteiger partial charge in [0.05, 0.1) is 27.7 Å². The lowest BCUT2D eigenvalue weighted by atomic mass is 9.88. The number of rotatable bonds is 5. The monoisotopic (exact) mass is 693 g/mol. The summed E-state index contributed by atoms with van der Waals surface area (Å²) in [5.41, 5.74) is 3.76. The predicted molar refractivity (Wildman–Crippen MR) is 213 cm³/mol. The maximum Gasteiger partial charge on any atom is 0.200 e. The molecule has 3 aromatic heterocycles. The molecule has 0 radical (unpaired) electrons. The maximum absolute atomic E-state index is 10.5. The standard InChI is InChI=1S/C46H44N4O2/c1-24(2)32-21-30(29-16-12-11-13-17-29)22-33(25(3)4)40(32)50-39-27(6)15-14-18-35(39)48-44(50)31-20-19-26(5)36-37-38-43(52-45(49-38)46(8,9)10)34(23-47)28(7)41(37)51-42(31)36/h11-22,24-25H,1-10H3/i5D3,6D3,7D3. The van der Waals surface area contributed by atoms with Crippen LogP contribution in [0.3, 0.4) is 0 Å². The first-order chi connectivity index (χ1) is 28.4. The van der Waals surface area contributed by atoms with Crippen LogP contribution < -0.4 is 0 Å². The van der Waals surface area contributed by atoms with Gasteiger partial charge in [0.2, 0.25) is 5.89 Å². The molecule has 0 unspecified atom stereocenters. The molecule has 0 spiro atoms. The second-order valence-electron chi connectivity index (χ2n) is 15.1. The molecule has 0 fully saturated rings. The van der Waals surface area contributed by atoms with Gasteiger partial charge in [-0.25, -0.2) is 9.97 Å². The minimum absolute atomic E-state index is 0.0177. The number of oxazole rings is 1.